The Morgan fingerprint density at radius 1 is 1.59 bits per heavy atom. The number of alkyl halides is 1. The molecule has 0 aliphatic heterocycles. The molecule has 1 atom stereocenters. The number of halogens is 1. The molecule has 0 aromatic carbocycles. The van der Waals surface area contributed by atoms with Gasteiger partial charge in [-0.15, -0.1) is 11.6 Å². The molecule has 0 bridgehead atoms. The molecule has 0 aliphatic carbocycles. The molecule has 0 aliphatic rings. The fourth-order valence-corrected chi connectivity index (χ4v) is 1.74. The first kappa shape index (κ1) is 14.0. The van der Waals surface area contributed by atoms with Gasteiger partial charge in [-0.25, -0.2) is 0 Å². The van der Waals surface area contributed by atoms with Gasteiger partial charge >= 0.3 is 0 Å². The summed E-state index contributed by atoms with van der Waals surface area (Å²) in [5.41, 5.74) is 1.50. The molecule has 0 fully saturated rings. The summed E-state index contributed by atoms with van der Waals surface area (Å²) in [4.78, 5) is 11.9. The van der Waals surface area contributed by atoms with Gasteiger partial charge in [-0.1, -0.05) is 13.8 Å². The molecule has 4 nitrogen and oxygen atoms in total. The fraction of sp³-hybridized carbons (Fsp3) is 0.667. The predicted octanol–water partition coefficient (Wildman–Crippen LogP) is 2.12. The standard InChI is InChI=1S/C12H20ClN3O/c1-4-9(13)6-7-14-12(17)10-8-16(3)15-11(10)5-2/h8-9H,4-7H2,1-3H3,(H,14,17). The van der Waals surface area contributed by atoms with E-state index in [1.807, 2.05) is 20.9 Å². The number of rotatable bonds is 6. The normalized spacial score (nSPS) is 12.5. The lowest BCUT2D eigenvalue weighted by molar-refractivity contribution is 0.0952. The summed E-state index contributed by atoms with van der Waals surface area (Å²) in [7, 11) is 1.82. The van der Waals surface area contributed by atoms with Crippen molar-refractivity contribution >= 4 is 17.5 Å². The Bertz CT molecular complexity index is 376. The molecule has 1 aromatic heterocycles. The molecule has 0 spiro atoms. The number of nitrogens with one attached hydrogen (secondary N) is 1. The SMILES string of the molecule is CCc1nn(C)cc1C(=O)NCCC(Cl)CC. The highest BCUT2D eigenvalue weighted by molar-refractivity contribution is 6.20. The first-order valence-electron chi connectivity index (χ1n) is 6.03. The third-order valence-electron chi connectivity index (χ3n) is 2.67. The van der Waals surface area contributed by atoms with Crippen LogP contribution in [0.5, 0.6) is 0 Å². The number of carbonyl (C=O) groups excluding carboxylic acids is 1. The van der Waals surface area contributed by atoms with E-state index in [0.717, 1.165) is 25.0 Å². The Balaban J connectivity index is 2.52. The monoisotopic (exact) mass is 257 g/mol. The zero-order valence-corrected chi connectivity index (χ0v) is 11.4. The zero-order valence-electron chi connectivity index (χ0n) is 10.7. The Morgan fingerprint density at radius 2 is 2.29 bits per heavy atom. The predicted molar refractivity (Wildman–Crippen MR) is 69.5 cm³/mol. The van der Waals surface area contributed by atoms with Gasteiger partial charge in [0.1, 0.15) is 0 Å². The molecular formula is C12H20ClN3O. The van der Waals surface area contributed by atoms with Crippen molar-refractivity contribution in [2.45, 2.75) is 38.5 Å². The zero-order chi connectivity index (χ0) is 12.8. The van der Waals surface area contributed by atoms with Gasteiger partial charge in [0, 0.05) is 25.2 Å². The molecule has 1 N–H and O–H groups in total. The topological polar surface area (TPSA) is 46.9 Å². The van der Waals surface area contributed by atoms with E-state index in [1.165, 1.54) is 0 Å². The Morgan fingerprint density at radius 3 is 2.88 bits per heavy atom. The van der Waals surface area contributed by atoms with Crippen molar-refractivity contribution in [3.05, 3.63) is 17.5 Å². The number of nitrogens with zero attached hydrogens (tertiary/aromatic N) is 2. The molecule has 0 saturated heterocycles. The van der Waals surface area contributed by atoms with Crippen LogP contribution < -0.4 is 5.32 Å². The average molecular weight is 258 g/mol. The molecule has 1 aromatic rings. The minimum atomic E-state index is -0.0603. The van der Waals surface area contributed by atoms with E-state index >= 15 is 0 Å². The molecule has 5 heteroatoms. The third kappa shape index (κ3) is 4.04. The van der Waals surface area contributed by atoms with Crippen molar-refractivity contribution in [2.24, 2.45) is 7.05 Å². The summed E-state index contributed by atoms with van der Waals surface area (Å²) in [6.45, 7) is 4.64. The second kappa shape index (κ2) is 6.64. The van der Waals surface area contributed by atoms with Crippen LogP contribution in [0.25, 0.3) is 0 Å². The maximum Gasteiger partial charge on any atom is 0.254 e. The quantitative estimate of drug-likeness (QED) is 0.794. The minimum absolute atomic E-state index is 0.0603. The highest BCUT2D eigenvalue weighted by Gasteiger charge is 2.13. The average Bonchev–Trinajstić information content (AvgIpc) is 2.70. The van der Waals surface area contributed by atoms with E-state index in [1.54, 1.807) is 10.9 Å². The van der Waals surface area contributed by atoms with E-state index in [4.69, 9.17) is 11.6 Å². The number of carbonyl (C=O) groups is 1. The van der Waals surface area contributed by atoms with Crippen LogP contribution in [0.1, 0.15) is 42.7 Å². The maximum absolute atomic E-state index is 11.9. The van der Waals surface area contributed by atoms with Crippen molar-refractivity contribution in [3.63, 3.8) is 0 Å². The Labute approximate surface area is 107 Å². The van der Waals surface area contributed by atoms with Gasteiger partial charge in [0.2, 0.25) is 0 Å². The van der Waals surface area contributed by atoms with Gasteiger partial charge in [0.25, 0.3) is 5.91 Å². The van der Waals surface area contributed by atoms with Crippen molar-refractivity contribution in [1.29, 1.82) is 0 Å². The summed E-state index contributed by atoms with van der Waals surface area (Å²) in [5.74, 6) is -0.0603. The molecule has 1 heterocycles. The second-order valence-electron chi connectivity index (χ2n) is 4.07. The number of hydrogen-bond donors (Lipinski definition) is 1. The van der Waals surface area contributed by atoms with Crippen molar-refractivity contribution < 1.29 is 4.79 Å². The molecule has 0 radical (unpaired) electrons. The fourth-order valence-electron chi connectivity index (χ4n) is 1.63. The minimum Gasteiger partial charge on any atom is -0.352 e. The molecule has 1 rings (SSSR count). The van der Waals surface area contributed by atoms with Crippen LogP contribution in [0.2, 0.25) is 0 Å². The molecule has 17 heavy (non-hydrogen) atoms. The van der Waals surface area contributed by atoms with Gasteiger partial charge in [-0.3, -0.25) is 9.48 Å². The molecule has 1 amide bonds. The van der Waals surface area contributed by atoms with Gasteiger partial charge in [-0.2, -0.15) is 5.10 Å². The van der Waals surface area contributed by atoms with Crippen LogP contribution in [-0.2, 0) is 13.5 Å². The van der Waals surface area contributed by atoms with Crippen LogP contribution in [0.15, 0.2) is 6.20 Å². The summed E-state index contributed by atoms with van der Waals surface area (Å²) in [6, 6.07) is 0. The number of aromatic nitrogens is 2. The van der Waals surface area contributed by atoms with Crippen LogP contribution in [0, 0.1) is 0 Å². The van der Waals surface area contributed by atoms with E-state index in [-0.39, 0.29) is 11.3 Å². The van der Waals surface area contributed by atoms with Gasteiger partial charge in [0.15, 0.2) is 0 Å². The maximum atomic E-state index is 11.9. The van der Waals surface area contributed by atoms with E-state index in [2.05, 4.69) is 10.4 Å². The molecule has 0 saturated carbocycles. The Hall–Kier alpha value is -1.03. The van der Waals surface area contributed by atoms with Crippen LogP contribution in [0.4, 0.5) is 0 Å². The summed E-state index contributed by atoms with van der Waals surface area (Å²) in [6.07, 6.45) is 4.24. The summed E-state index contributed by atoms with van der Waals surface area (Å²) >= 11 is 5.99. The van der Waals surface area contributed by atoms with Crippen LogP contribution in [-0.4, -0.2) is 27.6 Å². The number of hydrogen-bond acceptors (Lipinski definition) is 2. The van der Waals surface area contributed by atoms with Crippen molar-refractivity contribution in [1.82, 2.24) is 15.1 Å². The molecule has 96 valence electrons. The lowest BCUT2D eigenvalue weighted by atomic mass is 10.2. The third-order valence-corrected chi connectivity index (χ3v) is 3.20. The Kier molecular flexibility index (Phi) is 5.48. The largest absolute Gasteiger partial charge is 0.352 e. The van der Waals surface area contributed by atoms with E-state index in [0.29, 0.717) is 12.1 Å². The van der Waals surface area contributed by atoms with Gasteiger partial charge < -0.3 is 5.32 Å². The lowest BCUT2D eigenvalue weighted by Gasteiger charge is -2.07. The highest BCUT2D eigenvalue weighted by Crippen LogP contribution is 2.08. The number of amides is 1. The number of aryl methyl sites for hydroxylation is 2. The summed E-state index contributed by atoms with van der Waals surface area (Å²) in [5, 5.41) is 7.25. The highest BCUT2D eigenvalue weighted by atomic mass is 35.5. The molecular weight excluding hydrogens is 238 g/mol. The first-order valence-corrected chi connectivity index (χ1v) is 6.46. The molecule has 1 unspecified atom stereocenters. The van der Waals surface area contributed by atoms with Gasteiger partial charge in [0.05, 0.1) is 11.3 Å². The van der Waals surface area contributed by atoms with Gasteiger partial charge in [-0.05, 0) is 19.3 Å². The van der Waals surface area contributed by atoms with E-state index < -0.39 is 0 Å². The van der Waals surface area contributed by atoms with Crippen molar-refractivity contribution in [2.75, 3.05) is 6.54 Å². The first-order chi connectivity index (χ1) is 8.08. The van der Waals surface area contributed by atoms with Crippen LogP contribution >= 0.6 is 11.6 Å². The smallest absolute Gasteiger partial charge is 0.254 e. The van der Waals surface area contributed by atoms with Crippen LogP contribution in [0.3, 0.4) is 0 Å². The lowest BCUT2D eigenvalue weighted by Crippen LogP contribution is -2.26. The second-order valence-corrected chi connectivity index (χ2v) is 4.68. The van der Waals surface area contributed by atoms with Crippen molar-refractivity contribution in [3.8, 4) is 0 Å². The van der Waals surface area contributed by atoms with E-state index in [9.17, 15) is 4.79 Å². The summed E-state index contributed by atoms with van der Waals surface area (Å²) < 4.78 is 1.67.